The van der Waals surface area contributed by atoms with Gasteiger partial charge in [-0.25, -0.2) is 0 Å². The fraction of sp³-hybridized carbons (Fsp3) is 0.364. The molecule has 0 spiro atoms. The first-order chi connectivity index (χ1) is 14.7. The van der Waals surface area contributed by atoms with Crippen LogP contribution in [0.2, 0.25) is 0 Å². The van der Waals surface area contributed by atoms with Crippen molar-refractivity contribution in [1.82, 2.24) is 9.80 Å². The predicted molar refractivity (Wildman–Crippen MR) is 121 cm³/mol. The quantitative estimate of drug-likeness (QED) is 0.572. The number of carbonyl (C=O) groups excluding carboxylic acids is 2. The minimum Gasteiger partial charge on any atom is -0.336 e. The van der Waals surface area contributed by atoms with Crippen molar-refractivity contribution in [2.75, 3.05) is 38.0 Å². The second kappa shape index (κ2) is 9.99. The number of anilines is 1. The van der Waals surface area contributed by atoms with Gasteiger partial charge in [-0.05, 0) is 65.0 Å². The first-order valence-electron chi connectivity index (χ1n) is 9.94. The zero-order chi connectivity index (χ0) is 22.6. The minimum absolute atomic E-state index is 0.00954. The summed E-state index contributed by atoms with van der Waals surface area (Å²) in [6.07, 6.45) is -4.67. The van der Waals surface area contributed by atoms with Gasteiger partial charge in [0.2, 0.25) is 5.91 Å². The van der Waals surface area contributed by atoms with E-state index >= 15 is 0 Å². The third-order valence-corrected chi connectivity index (χ3v) is 5.87. The van der Waals surface area contributed by atoms with Gasteiger partial charge in [0.15, 0.2) is 0 Å². The summed E-state index contributed by atoms with van der Waals surface area (Å²) in [6, 6.07) is 10.6. The Kier molecular flexibility index (Phi) is 7.58. The van der Waals surface area contributed by atoms with Crippen molar-refractivity contribution in [2.24, 2.45) is 0 Å². The average molecular weight is 545 g/mol. The van der Waals surface area contributed by atoms with E-state index in [4.69, 9.17) is 0 Å². The number of halogens is 4. The molecule has 1 N–H and O–H groups in total. The highest BCUT2D eigenvalue weighted by molar-refractivity contribution is 14.1. The van der Waals surface area contributed by atoms with E-state index in [2.05, 4.69) is 32.8 Å². The number of hydrogen-bond acceptors (Lipinski definition) is 3. The van der Waals surface area contributed by atoms with Crippen LogP contribution in [0, 0.1) is 3.57 Å². The normalized spacial score (nSPS) is 15.1. The first kappa shape index (κ1) is 23.5. The SMILES string of the molecule is CCN1CCN(C(=O)c2ccc(NC(=O)Cc3cccc(I)c3)cc2C(F)(F)F)CC1. The lowest BCUT2D eigenvalue weighted by atomic mass is 10.0. The highest BCUT2D eigenvalue weighted by atomic mass is 127. The van der Waals surface area contributed by atoms with Gasteiger partial charge < -0.3 is 15.1 Å². The molecule has 2 aromatic carbocycles. The lowest BCUT2D eigenvalue weighted by molar-refractivity contribution is -0.138. The summed E-state index contributed by atoms with van der Waals surface area (Å²) in [5, 5.41) is 2.51. The van der Waals surface area contributed by atoms with Crippen LogP contribution >= 0.6 is 22.6 Å². The predicted octanol–water partition coefficient (Wildman–Crippen LogP) is 4.27. The molecule has 0 saturated carbocycles. The summed E-state index contributed by atoms with van der Waals surface area (Å²) in [5.74, 6) is -1.07. The number of benzene rings is 2. The molecule has 2 aromatic rings. The molecule has 0 aromatic heterocycles. The van der Waals surface area contributed by atoms with Crippen molar-refractivity contribution in [3.63, 3.8) is 0 Å². The molecule has 1 fully saturated rings. The summed E-state index contributed by atoms with van der Waals surface area (Å²) in [4.78, 5) is 28.7. The van der Waals surface area contributed by atoms with E-state index in [-0.39, 0.29) is 12.1 Å². The Balaban J connectivity index is 1.77. The highest BCUT2D eigenvalue weighted by Gasteiger charge is 2.37. The second-order valence-electron chi connectivity index (χ2n) is 7.34. The van der Waals surface area contributed by atoms with E-state index in [9.17, 15) is 22.8 Å². The highest BCUT2D eigenvalue weighted by Crippen LogP contribution is 2.34. The fourth-order valence-electron chi connectivity index (χ4n) is 3.52. The molecule has 3 rings (SSSR count). The van der Waals surface area contributed by atoms with Crippen molar-refractivity contribution in [1.29, 1.82) is 0 Å². The molecule has 0 atom stereocenters. The van der Waals surface area contributed by atoms with Crippen LogP contribution in [0.5, 0.6) is 0 Å². The van der Waals surface area contributed by atoms with Crippen LogP contribution in [0.3, 0.4) is 0 Å². The summed E-state index contributed by atoms with van der Waals surface area (Å²) in [5.41, 5.74) is -0.663. The van der Waals surface area contributed by atoms with Gasteiger partial charge in [-0.3, -0.25) is 9.59 Å². The maximum absolute atomic E-state index is 13.7. The molecule has 1 saturated heterocycles. The van der Waals surface area contributed by atoms with E-state index in [1.807, 2.05) is 25.1 Å². The lowest BCUT2D eigenvalue weighted by Gasteiger charge is -2.34. The van der Waals surface area contributed by atoms with Crippen LogP contribution in [-0.4, -0.2) is 54.3 Å². The monoisotopic (exact) mass is 545 g/mol. The van der Waals surface area contributed by atoms with Crippen molar-refractivity contribution < 1.29 is 22.8 Å². The van der Waals surface area contributed by atoms with Crippen LogP contribution in [0.1, 0.15) is 28.4 Å². The Labute approximate surface area is 192 Å². The molecule has 1 aliphatic rings. The van der Waals surface area contributed by atoms with Gasteiger partial charge in [0.05, 0.1) is 17.5 Å². The maximum Gasteiger partial charge on any atom is 0.417 e. The smallest absolute Gasteiger partial charge is 0.336 e. The molecule has 0 radical (unpaired) electrons. The average Bonchev–Trinajstić information content (AvgIpc) is 2.72. The Bertz CT molecular complexity index is 957. The van der Waals surface area contributed by atoms with Gasteiger partial charge in [-0.1, -0.05) is 19.1 Å². The molecular weight excluding hydrogens is 522 g/mol. The first-order valence-corrected chi connectivity index (χ1v) is 11.0. The summed E-state index contributed by atoms with van der Waals surface area (Å²) >= 11 is 2.12. The fourth-order valence-corrected chi connectivity index (χ4v) is 4.13. The van der Waals surface area contributed by atoms with Crippen molar-refractivity contribution in [2.45, 2.75) is 19.5 Å². The molecule has 166 valence electrons. The van der Waals surface area contributed by atoms with Crippen LogP contribution < -0.4 is 5.32 Å². The number of rotatable bonds is 5. The van der Waals surface area contributed by atoms with Gasteiger partial charge in [0.1, 0.15) is 0 Å². The Hall–Kier alpha value is -2.14. The number of nitrogens with zero attached hydrogens (tertiary/aromatic N) is 2. The number of alkyl halides is 3. The van der Waals surface area contributed by atoms with E-state index in [0.717, 1.165) is 27.8 Å². The number of piperazine rings is 1. The molecule has 1 heterocycles. The van der Waals surface area contributed by atoms with E-state index in [1.165, 1.54) is 11.0 Å². The maximum atomic E-state index is 13.7. The van der Waals surface area contributed by atoms with Crippen LogP contribution in [0.25, 0.3) is 0 Å². The summed E-state index contributed by atoms with van der Waals surface area (Å²) < 4.78 is 42.1. The second-order valence-corrected chi connectivity index (χ2v) is 8.59. The van der Waals surface area contributed by atoms with Crippen LogP contribution in [0.4, 0.5) is 18.9 Å². The number of amides is 2. The molecule has 0 bridgehead atoms. The third kappa shape index (κ3) is 6.19. The Morgan fingerprint density at radius 2 is 1.77 bits per heavy atom. The van der Waals surface area contributed by atoms with Gasteiger partial charge in [0.25, 0.3) is 5.91 Å². The van der Waals surface area contributed by atoms with Crippen molar-refractivity contribution >= 4 is 40.1 Å². The molecule has 0 unspecified atom stereocenters. The van der Waals surface area contributed by atoms with Gasteiger partial charge >= 0.3 is 6.18 Å². The van der Waals surface area contributed by atoms with Gasteiger partial charge in [0, 0.05) is 35.4 Å². The van der Waals surface area contributed by atoms with Crippen molar-refractivity contribution in [3.8, 4) is 0 Å². The Morgan fingerprint density at radius 3 is 2.39 bits per heavy atom. The largest absolute Gasteiger partial charge is 0.417 e. The minimum atomic E-state index is -4.72. The Morgan fingerprint density at radius 1 is 1.06 bits per heavy atom. The lowest BCUT2D eigenvalue weighted by Crippen LogP contribution is -2.48. The van der Waals surface area contributed by atoms with Gasteiger partial charge in [-0.15, -0.1) is 0 Å². The molecule has 1 aliphatic heterocycles. The summed E-state index contributed by atoms with van der Waals surface area (Å²) in [6.45, 7) is 4.89. The standard InChI is InChI=1S/C22H23F3IN3O2/c1-2-28-8-10-29(11-9-28)21(31)18-7-6-17(14-19(18)22(23,24)25)27-20(30)13-15-4-3-5-16(26)12-15/h3-7,12,14H,2,8-11,13H2,1H3,(H,27,30). The van der Waals surface area contributed by atoms with E-state index in [0.29, 0.717) is 26.2 Å². The number of carbonyl (C=O) groups is 2. The van der Waals surface area contributed by atoms with Crippen molar-refractivity contribution in [3.05, 3.63) is 62.7 Å². The molecule has 31 heavy (non-hydrogen) atoms. The van der Waals surface area contributed by atoms with E-state index in [1.54, 1.807) is 6.07 Å². The molecule has 0 aliphatic carbocycles. The molecular formula is C22H23F3IN3O2. The number of hydrogen-bond donors (Lipinski definition) is 1. The van der Waals surface area contributed by atoms with Crippen LogP contribution in [-0.2, 0) is 17.4 Å². The molecule has 5 nitrogen and oxygen atoms in total. The zero-order valence-electron chi connectivity index (χ0n) is 17.0. The summed E-state index contributed by atoms with van der Waals surface area (Å²) in [7, 11) is 0. The number of nitrogens with one attached hydrogen (secondary N) is 1. The molecule has 2 amide bonds. The van der Waals surface area contributed by atoms with E-state index < -0.39 is 29.1 Å². The topological polar surface area (TPSA) is 52.6 Å². The van der Waals surface area contributed by atoms with Gasteiger partial charge in [-0.2, -0.15) is 13.2 Å². The van der Waals surface area contributed by atoms with Crippen LogP contribution in [0.15, 0.2) is 42.5 Å². The third-order valence-electron chi connectivity index (χ3n) is 5.20. The number of likely N-dealkylation sites (N-methyl/N-ethyl adjacent to an activating group) is 1. The molecule has 9 heteroatoms. The zero-order valence-corrected chi connectivity index (χ0v) is 19.2.